The number of ether oxygens (including phenoxy) is 3. The van der Waals surface area contributed by atoms with Crippen LogP contribution in [0.3, 0.4) is 0 Å². The lowest BCUT2D eigenvalue weighted by Crippen LogP contribution is -2.11. The standard InChI is InChI=1S/C11H18N2O3/c1-9-3-4-13-11(10(9)12)16-8-7-15-6-5-14-2/h3-4H,5-8,12H2,1-2H3. The summed E-state index contributed by atoms with van der Waals surface area (Å²) in [5, 5.41) is 0. The molecule has 16 heavy (non-hydrogen) atoms. The third-order valence-corrected chi connectivity index (χ3v) is 2.07. The molecule has 0 bridgehead atoms. The van der Waals surface area contributed by atoms with Crippen LogP contribution >= 0.6 is 0 Å². The second-order valence-corrected chi connectivity index (χ2v) is 3.30. The SMILES string of the molecule is COCCOCCOc1nccc(C)c1N. The molecule has 1 rings (SSSR count). The number of hydrogen-bond donors (Lipinski definition) is 1. The molecule has 0 aliphatic carbocycles. The van der Waals surface area contributed by atoms with Gasteiger partial charge < -0.3 is 19.9 Å². The molecule has 1 heterocycles. The molecule has 5 heteroatoms. The minimum Gasteiger partial charge on any atom is -0.474 e. The normalized spacial score (nSPS) is 10.4. The van der Waals surface area contributed by atoms with Gasteiger partial charge in [0.25, 0.3) is 0 Å². The molecule has 1 aromatic rings. The van der Waals surface area contributed by atoms with Crippen molar-refractivity contribution in [2.75, 3.05) is 39.3 Å². The highest BCUT2D eigenvalue weighted by Gasteiger charge is 2.03. The molecule has 0 saturated carbocycles. The van der Waals surface area contributed by atoms with Gasteiger partial charge in [-0.3, -0.25) is 0 Å². The maximum absolute atomic E-state index is 5.80. The Labute approximate surface area is 95.5 Å². The Bertz CT molecular complexity index is 318. The molecule has 5 nitrogen and oxygen atoms in total. The number of hydrogen-bond acceptors (Lipinski definition) is 5. The molecule has 0 aromatic carbocycles. The van der Waals surface area contributed by atoms with Gasteiger partial charge in [0.05, 0.1) is 25.5 Å². The second kappa shape index (κ2) is 7.03. The molecule has 0 saturated heterocycles. The van der Waals surface area contributed by atoms with E-state index in [1.165, 1.54) is 0 Å². The van der Waals surface area contributed by atoms with Gasteiger partial charge in [-0.1, -0.05) is 0 Å². The number of nitrogens with two attached hydrogens (primary N) is 1. The lowest BCUT2D eigenvalue weighted by atomic mass is 10.2. The van der Waals surface area contributed by atoms with Gasteiger partial charge in [0.2, 0.25) is 5.88 Å². The van der Waals surface area contributed by atoms with Crippen molar-refractivity contribution in [3.05, 3.63) is 17.8 Å². The van der Waals surface area contributed by atoms with E-state index in [4.69, 9.17) is 19.9 Å². The number of aromatic nitrogens is 1. The number of rotatable bonds is 7. The Balaban J connectivity index is 2.24. The van der Waals surface area contributed by atoms with E-state index in [2.05, 4.69) is 4.98 Å². The summed E-state index contributed by atoms with van der Waals surface area (Å²) < 4.78 is 15.5. The monoisotopic (exact) mass is 226 g/mol. The first-order valence-electron chi connectivity index (χ1n) is 5.16. The number of nitrogen functional groups attached to an aromatic ring is 1. The first kappa shape index (κ1) is 12.7. The quantitative estimate of drug-likeness (QED) is 0.703. The molecular formula is C11H18N2O3. The zero-order chi connectivity index (χ0) is 11.8. The van der Waals surface area contributed by atoms with Crippen molar-refractivity contribution in [3.63, 3.8) is 0 Å². The van der Waals surface area contributed by atoms with E-state index in [0.717, 1.165) is 5.56 Å². The lowest BCUT2D eigenvalue weighted by Gasteiger charge is -2.09. The third kappa shape index (κ3) is 4.04. The van der Waals surface area contributed by atoms with E-state index in [1.54, 1.807) is 13.3 Å². The first-order valence-corrected chi connectivity index (χ1v) is 5.16. The van der Waals surface area contributed by atoms with Gasteiger partial charge in [0.15, 0.2) is 0 Å². The molecule has 0 radical (unpaired) electrons. The molecule has 1 aromatic heterocycles. The van der Waals surface area contributed by atoms with E-state index in [1.807, 2.05) is 13.0 Å². The molecule has 0 unspecified atom stereocenters. The fraction of sp³-hybridized carbons (Fsp3) is 0.545. The Morgan fingerprint density at radius 1 is 1.25 bits per heavy atom. The highest BCUT2D eigenvalue weighted by Crippen LogP contribution is 2.20. The Morgan fingerprint density at radius 3 is 2.75 bits per heavy atom. The van der Waals surface area contributed by atoms with Crippen molar-refractivity contribution >= 4 is 5.69 Å². The average Bonchev–Trinajstić information content (AvgIpc) is 2.29. The maximum atomic E-state index is 5.80. The molecule has 0 atom stereocenters. The minimum absolute atomic E-state index is 0.435. The topological polar surface area (TPSA) is 66.6 Å². The maximum Gasteiger partial charge on any atom is 0.237 e. The van der Waals surface area contributed by atoms with Crippen LogP contribution in [0.1, 0.15) is 5.56 Å². The fourth-order valence-corrected chi connectivity index (χ4v) is 1.10. The van der Waals surface area contributed by atoms with E-state index in [0.29, 0.717) is 38.0 Å². The molecule has 90 valence electrons. The van der Waals surface area contributed by atoms with Crippen molar-refractivity contribution < 1.29 is 14.2 Å². The summed E-state index contributed by atoms with van der Waals surface area (Å²) in [7, 11) is 1.64. The minimum atomic E-state index is 0.435. The molecule has 0 aliphatic heterocycles. The smallest absolute Gasteiger partial charge is 0.237 e. The van der Waals surface area contributed by atoms with Crippen LogP contribution in [0, 0.1) is 6.92 Å². The Morgan fingerprint density at radius 2 is 2.00 bits per heavy atom. The van der Waals surface area contributed by atoms with Gasteiger partial charge in [-0.25, -0.2) is 4.98 Å². The van der Waals surface area contributed by atoms with E-state index in [9.17, 15) is 0 Å². The van der Waals surface area contributed by atoms with E-state index < -0.39 is 0 Å². The van der Waals surface area contributed by atoms with Gasteiger partial charge >= 0.3 is 0 Å². The second-order valence-electron chi connectivity index (χ2n) is 3.30. The highest BCUT2D eigenvalue weighted by molar-refractivity contribution is 5.53. The Hall–Kier alpha value is -1.33. The summed E-state index contributed by atoms with van der Waals surface area (Å²) in [6, 6.07) is 1.84. The van der Waals surface area contributed by atoms with Crippen LogP contribution in [0.4, 0.5) is 5.69 Å². The number of anilines is 1. The summed E-state index contributed by atoms with van der Waals surface area (Å²) in [4.78, 5) is 4.05. The van der Waals surface area contributed by atoms with Crippen LogP contribution in [0.2, 0.25) is 0 Å². The predicted molar refractivity (Wildman–Crippen MR) is 61.6 cm³/mol. The van der Waals surface area contributed by atoms with Crippen molar-refractivity contribution in [2.24, 2.45) is 0 Å². The average molecular weight is 226 g/mol. The van der Waals surface area contributed by atoms with Gasteiger partial charge in [-0.15, -0.1) is 0 Å². The molecule has 2 N–H and O–H groups in total. The highest BCUT2D eigenvalue weighted by atomic mass is 16.5. The van der Waals surface area contributed by atoms with E-state index >= 15 is 0 Å². The van der Waals surface area contributed by atoms with Crippen LogP contribution in [0.15, 0.2) is 12.3 Å². The number of aryl methyl sites for hydroxylation is 1. The first-order chi connectivity index (χ1) is 7.75. The van der Waals surface area contributed by atoms with Crippen LogP contribution in [0.25, 0.3) is 0 Å². The van der Waals surface area contributed by atoms with Crippen molar-refractivity contribution in [1.29, 1.82) is 0 Å². The molecule has 0 aliphatic rings. The third-order valence-electron chi connectivity index (χ3n) is 2.07. The predicted octanol–water partition coefficient (Wildman–Crippen LogP) is 1.01. The molecular weight excluding hydrogens is 208 g/mol. The summed E-state index contributed by atoms with van der Waals surface area (Å²) in [5.41, 5.74) is 7.34. The molecule has 0 spiro atoms. The van der Waals surface area contributed by atoms with Crippen LogP contribution in [-0.2, 0) is 9.47 Å². The van der Waals surface area contributed by atoms with Crippen molar-refractivity contribution in [1.82, 2.24) is 4.98 Å². The summed E-state index contributed by atoms with van der Waals surface area (Å²) in [6.07, 6.45) is 1.67. The number of pyridine rings is 1. The fourth-order valence-electron chi connectivity index (χ4n) is 1.10. The summed E-state index contributed by atoms with van der Waals surface area (Å²) in [5.74, 6) is 0.468. The molecule has 0 amide bonds. The summed E-state index contributed by atoms with van der Waals surface area (Å²) >= 11 is 0. The summed E-state index contributed by atoms with van der Waals surface area (Å²) in [6.45, 7) is 4.00. The largest absolute Gasteiger partial charge is 0.474 e. The van der Waals surface area contributed by atoms with Gasteiger partial charge in [-0.05, 0) is 18.6 Å². The molecule has 0 fully saturated rings. The lowest BCUT2D eigenvalue weighted by molar-refractivity contribution is 0.0538. The Kier molecular flexibility index (Phi) is 5.60. The van der Waals surface area contributed by atoms with Gasteiger partial charge in [0, 0.05) is 13.3 Å². The zero-order valence-electron chi connectivity index (χ0n) is 9.73. The number of methoxy groups -OCH3 is 1. The van der Waals surface area contributed by atoms with Crippen LogP contribution < -0.4 is 10.5 Å². The van der Waals surface area contributed by atoms with E-state index in [-0.39, 0.29) is 0 Å². The van der Waals surface area contributed by atoms with Crippen LogP contribution in [0.5, 0.6) is 5.88 Å². The van der Waals surface area contributed by atoms with Gasteiger partial charge in [0.1, 0.15) is 6.61 Å². The van der Waals surface area contributed by atoms with Crippen molar-refractivity contribution in [3.8, 4) is 5.88 Å². The number of nitrogens with zero attached hydrogens (tertiary/aromatic N) is 1. The van der Waals surface area contributed by atoms with Crippen molar-refractivity contribution in [2.45, 2.75) is 6.92 Å². The van der Waals surface area contributed by atoms with Gasteiger partial charge in [-0.2, -0.15) is 0 Å². The zero-order valence-corrected chi connectivity index (χ0v) is 9.73. The van der Waals surface area contributed by atoms with Crippen LogP contribution in [-0.4, -0.2) is 38.5 Å².